The summed E-state index contributed by atoms with van der Waals surface area (Å²) in [5.41, 5.74) is 1.61. The largest absolute Gasteiger partial charge is 0.494 e. The Labute approximate surface area is 250 Å². The third-order valence-corrected chi connectivity index (χ3v) is 8.23. The van der Waals surface area contributed by atoms with Crippen LogP contribution in [0.2, 0.25) is 10.0 Å². The SMILES string of the molecule is COCCOCC1(OCn2c(=O)ccc3ccc(OCCCCN4CCN(c5cccc(Cl)c5Cl)CC4)cc32)CO1. The Kier molecular flexibility index (Phi) is 10.4. The molecule has 2 aromatic carbocycles. The molecule has 0 aliphatic carbocycles. The van der Waals surface area contributed by atoms with Gasteiger partial charge in [0, 0.05) is 45.4 Å². The molecule has 1 aromatic heterocycles. The normalized spacial score (nSPS) is 19.1. The molecule has 0 spiro atoms. The zero-order valence-corrected chi connectivity index (χ0v) is 24.9. The highest BCUT2D eigenvalue weighted by atomic mass is 35.5. The number of unbranched alkanes of at least 4 members (excludes halogenated alkanes) is 1. The van der Waals surface area contributed by atoms with Crippen molar-refractivity contribution in [3.05, 3.63) is 68.9 Å². The van der Waals surface area contributed by atoms with Gasteiger partial charge in [-0.3, -0.25) is 14.3 Å². The van der Waals surface area contributed by atoms with E-state index in [-0.39, 0.29) is 18.9 Å². The number of ether oxygens (including phenoxy) is 5. The van der Waals surface area contributed by atoms with Crippen LogP contribution >= 0.6 is 23.2 Å². The Morgan fingerprint density at radius 2 is 1.78 bits per heavy atom. The molecule has 0 N–H and O–H groups in total. The maximum absolute atomic E-state index is 12.7. The minimum absolute atomic E-state index is 0.0596. The van der Waals surface area contributed by atoms with Gasteiger partial charge in [-0.25, -0.2) is 0 Å². The molecular formula is C30H37Cl2N3O6. The van der Waals surface area contributed by atoms with Gasteiger partial charge in [0.15, 0.2) is 0 Å². The van der Waals surface area contributed by atoms with E-state index in [0.717, 1.165) is 67.9 Å². The third-order valence-electron chi connectivity index (χ3n) is 7.42. The van der Waals surface area contributed by atoms with E-state index in [0.29, 0.717) is 36.5 Å². The third kappa shape index (κ3) is 7.93. The van der Waals surface area contributed by atoms with Crippen LogP contribution in [0.5, 0.6) is 5.75 Å². The van der Waals surface area contributed by atoms with Crippen LogP contribution in [-0.2, 0) is 25.7 Å². The van der Waals surface area contributed by atoms with E-state index in [1.54, 1.807) is 17.7 Å². The van der Waals surface area contributed by atoms with Crippen molar-refractivity contribution in [2.24, 2.45) is 0 Å². The van der Waals surface area contributed by atoms with Crippen LogP contribution in [0.1, 0.15) is 12.8 Å². The first kappa shape index (κ1) is 30.1. The lowest BCUT2D eigenvalue weighted by molar-refractivity contribution is -0.120. The van der Waals surface area contributed by atoms with Crippen LogP contribution < -0.4 is 15.2 Å². The molecule has 2 fully saturated rings. The number of pyridine rings is 1. The quantitative estimate of drug-likeness (QED) is 0.183. The van der Waals surface area contributed by atoms with Gasteiger partial charge in [-0.15, -0.1) is 0 Å². The summed E-state index contributed by atoms with van der Waals surface area (Å²) in [6, 6.07) is 14.9. The number of rotatable bonds is 15. The van der Waals surface area contributed by atoms with Gasteiger partial charge >= 0.3 is 0 Å². The topological polar surface area (TPSA) is 77.9 Å². The molecule has 5 rings (SSSR count). The second-order valence-electron chi connectivity index (χ2n) is 10.3. The van der Waals surface area contributed by atoms with E-state index < -0.39 is 5.79 Å². The van der Waals surface area contributed by atoms with Crippen molar-refractivity contribution < 1.29 is 23.7 Å². The summed E-state index contributed by atoms with van der Waals surface area (Å²) < 4.78 is 29.7. The zero-order valence-electron chi connectivity index (χ0n) is 23.4. The zero-order chi connectivity index (χ0) is 28.7. The number of hydrogen-bond acceptors (Lipinski definition) is 8. The number of anilines is 1. The Hall–Kier alpha value is -2.37. The molecule has 2 saturated heterocycles. The minimum atomic E-state index is -0.807. The van der Waals surface area contributed by atoms with Crippen LogP contribution in [-0.4, -0.2) is 88.1 Å². The standard InChI is InChI=1S/C30H37Cl2N3O6/c1-37-17-18-38-20-30(21-40-30)41-22-35-27-19-24(9-7-23(27)8-10-28(35)36)39-16-3-2-11-33-12-14-34(15-13-33)26-6-4-5-25(31)29(26)32/h4-10,19H,2-3,11-18,20-22H2,1H3. The van der Waals surface area contributed by atoms with Gasteiger partial charge in [0.2, 0.25) is 5.79 Å². The number of methoxy groups -OCH3 is 1. The molecule has 41 heavy (non-hydrogen) atoms. The molecule has 2 aliphatic heterocycles. The molecule has 0 radical (unpaired) electrons. The van der Waals surface area contributed by atoms with Gasteiger partial charge in [-0.2, -0.15) is 0 Å². The number of fused-ring (bicyclic) bond motifs is 1. The maximum Gasteiger partial charge on any atom is 0.252 e. The second kappa shape index (κ2) is 14.2. The highest BCUT2D eigenvalue weighted by Gasteiger charge is 2.47. The van der Waals surface area contributed by atoms with E-state index in [1.807, 2.05) is 42.5 Å². The lowest BCUT2D eigenvalue weighted by Gasteiger charge is -2.36. The van der Waals surface area contributed by atoms with Crippen molar-refractivity contribution in [3.63, 3.8) is 0 Å². The molecule has 1 atom stereocenters. The summed E-state index contributed by atoms with van der Waals surface area (Å²) in [7, 11) is 1.62. The van der Waals surface area contributed by atoms with Gasteiger partial charge in [-0.1, -0.05) is 29.3 Å². The van der Waals surface area contributed by atoms with Gasteiger partial charge in [0.05, 0.1) is 41.1 Å². The Balaban J connectivity index is 1.07. The Morgan fingerprint density at radius 1 is 0.976 bits per heavy atom. The van der Waals surface area contributed by atoms with Crippen LogP contribution in [0.15, 0.2) is 53.3 Å². The first-order valence-corrected chi connectivity index (χ1v) is 14.8. The molecule has 0 bridgehead atoms. The summed E-state index contributed by atoms with van der Waals surface area (Å²) in [5.74, 6) is -0.0811. The van der Waals surface area contributed by atoms with Crippen LogP contribution in [0.25, 0.3) is 10.9 Å². The molecular weight excluding hydrogens is 569 g/mol. The minimum Gasteiger partial charge on any atom is -0.494 e. The lowest BCUT2D eigenvalue weighted by Crippen LogP contribution is -2.46. The van der Waals surface area contributed by atoms with E-state index >= 15 is 0 Å². The average molecular weight is 607 g/mol. The molecule has 3 heterocycles. The van der Waals surface area contributed by atoms with Crippen molar-refractivity contribution in [2.75, 3.05) is 77.8 Å². The number of benzene rings is 2. The summed E-state index contributed by atoms with van der Waals surface area (Å²) in [6.07, 6.45) is 1.98. The lowest BCUT2D eigenvalue weighted by atomic mass is 10.2. The summed E-state index contributed by atoms with van der Waals surface area (Å²) >= 11 is 12.6. The molecule has 9 nitrogen and oxygen atoms in total. The number of nitrogens with zero attached hydrogens (tertiary/aromatic N) is 3. The van der Waals surface area contributed by atoms with Gasteiger partial charge in [0.25, 0.3) is 5.56 Å². The smallest absolute Gasteiger partial charge is 0.252 e. The summed E-state index contributed by atoms with van der Waals surface area (Å²) in [6.45, 7) is 7.18. The van der Waals surface area contributed by atoms with Crippen molar-refractivity contribution in [1.29, 1.82) is 0 Å². The maximum atomic E-state index is 12.7. The fraction of sp³-hybridized carbons (Fsp3) is 0.500. The fourth-order valence-corrected chi connectivity index (χ4v) is 5.32. The molecule has 0 amide bonds. The van der Waals surface area contributed by atoms with Crippen LogP contribution in [0.3, 0.4) is 0 Å². The average Bonchev–Trinajstić information content (AvgIpc) is 3.76. The Morgan fingerprint density at radius 3 is 2.56 bits per heavy atom. The number of halogens is 2. The summed E-state index contributed by atoms with van der Waals surface area (Å²) in [5, 5.41) is 2.15. The van der Waals surface area contributed by atoms with Crippen molar-refractivity contribution in [2.45, 2.75) is 25.4 Å². The number of piperazine rings is 1. The Bertz CT molecular complexity index is 1360. The molecule has 3 aromatic rings. The van der Waals surface area contributed by atoms with E-state index in [1.165, 1.54) is 0 Å². The molecule has 1 unspecified atom stereocenters. The van der Waals surface area contributed by atoms with Gasteiger partial charge in [-0.05, 0) is 55.1 Å². The van der Waals surface area contributed by atoms with Crippen LogP contribution in [0.4, 0.5) is 5.69 Å². The monoisotopic (exact) mass is 605 g/mol. The molecule has 222 valence electrons. The van der Waals surface area contributed by atoms with Crippen molar-refractivity contribution >= 4 is 39.8 Å². The number of aromatic nitrogens is 1. The number of epoxide rings is 1. The van der Waals surface area contributed by atoms with Gasteiger partial charge in [0.1, 0.15) is 25.7 Å². The van der Waals surface area contributed by atoms with Gasteiger partial charge < -0.3 is 28.6 Å². The molecule has 0 saturated carbocycles. The van der Waals surface area contributed by atoms with E-state index in [9.17, 15) is 4.79 Å². The van der Waals surface area contributed by atoms with E-state index in [2.05, 4.69) is 9.80 Å². The van der Waals surface area contributed by atoms with E-state index in [4.69, 9.17) is 46.9 Å². The highest BCUT2D eigenvalue weighted by molar-refractivity contribution is 6.43. The predicted octanol–water partition coefficient (Wildman–Crippen LogP) is 4.65. The highest BCUT2D eigenvalue weighted by Crippen LogP contribution is 2.33. The first-order chi connectivity index (χ1) is 20.0. The second-order valence-corrected chi connectivity index (χ2v) is 11.1. The summed E-state index contributed by atoms with van der Waals surface area (Å²) in [4.78, 5) is 17.5. The predicted molar refractivity (Wildman–Crippen MR) is 161 cm³/mol. The number of hydrogen-bond donors (Lipinski definition) is 0. The molecule has 11 heteroatoms. The van der Waals surface area contributed by atoms with Crippen molar-refractivity contribution in [3.8, 4) is 5.75 Å². The van der Waals surface area contributed by atoms with Crippen LogP contribution in [0, 0.1) is 0 Å². The van der Waals surface area contributed by atoms with Crippen molar-refractivity contribution in [1.82, 2.24) is 9.47 Å². The first-order valence-electron chi connectivity index (χ1n) is 14.0. The molecule has 2 aliphatic rings. The fourth-order valence-electron chi connectivity index (χ4n) is 4.91.